The van der Waals surface area contributed by atoms with Crippen molar-refractivity contribution < 1.29 is 22.7 Å². The summed E-state index contributed by atoms with van der Waals surface area (Å²) in [4.78, 5) is 24.6. The SMILES string of the molecule is Cc1ccc(C(=O)C(C)OC(=O)c2cc(S(N)(=O)=O)ccc2Br)cc1C. The van der Waals surface area contributed by atoms with Crippen LogP contribution in [0, 0.1) is 13.8 Å². The fraction of sp³-hybridized carbons (Fsp3) is 0.222. The van der Waals surface area contributed by atoms with Gasteiger partial charge in [-0.25, -0.2) is 18.4 Å². The summed E-state index contributed by atoms with van der Waals surface area (Å²) in [5.74, 6) is -1.17. The highest BCUT2D eigenvalue weighted by atomic mass is 79.9. The number of primary sulfonamides is 1. The molecule has 2 aromatic rings. The second-order valence-electron chi connectivity index (χ2n) is 5.90. The Morgan fingerprint density at radius 3 is 2.31 bits per heavy atom. The summed E-state index contributed by atoms with van der Waals surface area (Å²) < 4.78 is 28.5. The van der Waals surface area contributed by atoms with Gasteiger partial charge >= 0.3 is 5.97 Å². The zero-order valence-corrected chi connectivity index (χ0v) is 16.8. The fourth-order valence-electron chi connectivity index (χ4n) is 2.24. The first-order valence-electron chi connectivity index (χ1n) is 7.65. The molecular formula is C18H18BrNO5S. The van der Waals surface area contributed by atoms with Crippen molar-refractivity contribution in [1.82, 2.24) is 0 Å². The Bertz CT molecular complexity index is 985. The minimum absolute atomic E-state index is 0.0312. The van der Waals surface area contributed by atoms with E-state index in [1.807, 2.05) is 19.9 Å². The van der Waals surface area contributed by atoms with E-state index in [0.29, 0.717) is 10.0 Å². The van der Waals surface area contributed by atoms with Crippen LogP contribution in [-0.4, -0.2) is 26.3 Å². The number of benzene rings is 2. The van der Waals surface area contributed by atoms with E-state index in [1.54, 1.807) is 12.1 Å². The molecule has 0 saturated carbocycles. The maximum Gasteiger partial charge on any atom is 0.340 e. The highest BCUT2D eigenvalue weighted by Crippen LogP contribution is 2.22. The molecule has 26 heavy (non-hydrogen) atoms. The molecule has 0 aliphatic carbocycles. The molecule has 1 atom stereocenters. The second-order valence-corrected chi connectivity index (χ2v) is 8.31. The van der Waals surface area contributed by atoms with Crippen LogP contribution in [-0.2, 0) is 14.8 Å². The van der Waals surface area contributed by atoms with Gasteiger partial charge in [-0.2, -0.15) is 0 Å². The van der Waals surface area contributed by atoms with Gasteiger partial charge in [0.05, 0.1) is 10.5 Å². The Morgan fingerprint density at radius 1 is 1.08 bits per heavy atom. The molecule has 6 nitrogen and oxygen atoms in total. The van der Waals surface area contributed by atoms with E-state index < -0.39 is 22.1 Å². The van der Waals surface area contributed by atoms with E-state index in [1.165, 1.54) is 19.1 Å². The van der Waals surface area contributed by atoms with Gasteiger partial charge in [0.15, 0.2) is 6.10 Å². The number of hydrogen-bond donors (Lipinski definition) is 1. The van der Waals surface area contributed by atoms with Crippen LogP contribution in [0.1, 0.15) is 38.8 Å². The number of hydrogen-bond acceptors (Lipinski definition) is 5. The molecule has 0 saturated heterocycles. The minimum atomic E-state index is -3.97. The molecular weight excluding hydrogens is 422 g/mol. The summed E-state index contributed by atoms with van der Waals surface area (Å²) in [6.07, 6.45) is -1.03. The highest BCUT2D eigenvalue weighted by molar-refractivity contribution is 9.10. The van der Waals surface area contributed by atoms with Gasteiger partial charge in [0.2, 0.25) is 15.8 Å². The average Bonchev–Trinajstić information content (AvgIpc) is 2.55. The number of Topliss-reactive ketones (excluding diaryl/α,β-unsaturated/α-hetero) is 1. The summed E-state index contributed by atoms with van der Waals surface area (Å²) >= 11 is 3.17. The summed E-state index contributed by atoms with van der Waals surface area (Å²) in [6.45, 7) is 5.29. The van der Waals surface area contributed by atoms with E-state index in [9.17, 15) is 18.0 Å². The molecule has 1 unspecified atom stereocenters. The number of ketones is 1. The smallest absolute Gasteiger partial charge is 0.340 e. The molecule has 0 fully saturated rings. The maximum absolute atomic E-state index is 12.5. The molecule has 0 spiro atoms. The predicted octanol–water partition coefficient (Wildman–Crippen LogP) is 3.14. The molecule has 0 bridgehead atoms. The number of nitrogens with two attached hydrogens (primary N) is 1. The van der Waals surface area contributed by atoms with Gasteiger partial charge in [-0.1, -0.05) is 12.1 Å². The van der Waals surface area contributed by atoms with Gasteiger partial charge in [-0.05, 0) is 72.1 Å². The first-order valence-corrected chi connectivity index (χ1v) is 9.99. The highest BCUT2D eigenvalue weighted by Gasteiger charge is 2.23. The Labute approximate surface area is 160 Å². The number of ether oxygens (including phenoxy) is 1. The van der Waals surface area contributed by atoms with Crippen molar-refractivity contribution in [2.24, 2.45) is 5.14 Å². The van der Waals surface area contributed by atoms with Crippen molar-refractivity contribution in [3.8, 4) is 0 Å². The molecule has 2 N–H and O–H groups in total. The summed E-state index contributed by atoms with van der Waals surface area (Å²) in [5, 5.41) is 5.08. The molecule has 0 radical (unpaired) electrons. The van der Waals surface area contributed by atoms with Crippen LogP contribution in [0.4, 0.5) is 0 Å². The van der Waals surface area contributed by atoms with Crippen LogP contribution in [0.15, 0.2) is 45.8 Å². The van der Waals surface area contributed by atoms with E-state index in [4.69, 9.17) is 9.88 Å². The molecule has 0 aliphatic heterocycles. The molecule has 8 heteroatoms. The van der Waals surface area contributed by atoms with Gasteiger partial charge in [-0.15, -0.1) is 0 Å². The predicted molar refractivity (Wildman–Crippen MR) is 101 cm³/mol. The molecule has 0 aliphatic rings. The Morgan fingerprint density at radius 2 is 1.73 bits per heavy atom. The monoisotopic (exact) mass is 439 g/mol. The molecule has 0 amide bonds. The van der Waals surface area contributed by atoms with Crippen LogP contribution in [0.5, 0.6) is 0 Å². The number of esters is 1. The Balaban J connectivity index is 2.23. The van der Waals surface area contributed by atoms with Crippen LogP contribution in [0.2, 0.25) is 0 Å². The van der Waals surface area contributed by atoms with Crippen LogP contribution < -0.4 is 5.14 Å². The lowest BCUT2D eigenvalue weighted by Crippen LogP contribution is -2.25. The Hall–Kier alpha value is -2.03. The van der Waals surface area contributed by atoms with Crippen molar-refractivity contribution in [1.29, 1.82) is 0 Å². The number of aryl methyl sites for hydroxylation is 2. The minimum Gasteiger partial charge on any atom is -0.451 e. The number of carbonyl (C=O) groups is 2. The Kier molecular flexibility index (Phi) is 6.00. The lowest BCUT2D eigenvalue weighted by Gasteiger charge is -2.14. The average molecular weight is 440 g/mol. The van der Waals surface area contributed by atoms with E-state index in [2.05, 4.69) is 15.9 Å². The summed E-state index contributed by atoms with van der Waals surface area (Å²) in [6, 6.07) is 8.98. The van der Waals surface area contributed by atoms with Gasteiger partial charge in [-0.3, -0.25) is 4.79 Å². The number of rotatable bonds is 5. The van der Waals surface area contributed by atoms with Gasteiger partial charge in [0.25, 0.3) is 0 Å². The molecule has 0 heterocycles. The fourth-order valence-corrected chi connectivity index (χ4v) is 3.19. The van der Waals surface area contributed by atoms with Crippen molar-refractivity contribution in [2.45, 2.75) is 31.8 Å². The van der Waals surface area contributed by atoms with Crippen LogP contribution in [0.3, 0.4) is 0 Å². The lowest BCUT2D eigenvalue weighted by atomic mass is 10.0. The maximum atomic E-state index is 12.5. The third-order valence-electron chi connectivity index (χ3n) is 3.93. The summed E-state index contributed by atoms with van der Waals surface area (Å²) in [5.41, 5.74) is 2.41. The van der Waals surface area contributed by atoms with Crippen molar-refractivity contribution >= 4 is 37.7 Å². The van der Waals surface area contributed by atoms with Crippen molar-refractivity contribution in [2.75, 3.05) is 0 Å². The van der Waals surface area contributed by atoms with Crippen LogP contribution in [0.25, 0.3) is 0 Å². The molecule has 2 aromatic carbocycles. The van der Waals surface area contributed by atoms with Gasteiger partial charge < -0.3 is 4.74 Å². The zero-order chi connectivity index (χ0) is 19.6. The van der Waals surface area contributed by atoms with Crippen molar-refractivity contribution in [3.05, 3.63) is 63.1 Å². The number of carbonyl (C=O) groups excluding carboxylic acids is 2. The van der Waals surface area contributed by atoms with E-state index in [0.717, 1.165) is 17.2 Å². The number of halogens is 1. The standard InChI is InChI=1S/C18H18BrNO5S/c1-10-4-5-13(8-11(10)2)17(21)12(3)25-18(22)15-9-14(26(20,23)24)6-7-16(15)19/h4-9,12H,1-3H3,(H2,20,23,24). The third-order valence-corrected chi connectivity index (χ3v) is 5.53. The van der Waals surface area contributed by atoms with E-state index in [-0.39, 0.29) is 16.2 Å². The second kappa shape index (κ2) is 7.69. The van der Waals surface area contributed by atoms with Gasteiger partial charge in [0.1, 0.15) is 0 Å². The zero-order valence-electron chi connectivity index (χ0n) is 14.4. The van der Waals surface area contributed by atoms with Crippen molar-refractivity contribution in [3.63, 3.8) is 0 Å². The van der Waals surface area contributed by atoms with Gasteiger partial charge in [0, 0.05) is 10.0 Å². The van der Waals surface area contributed by atoms with Crippen LogP contribution >= 0.6 is 15.9 Å². The topological polar surface area (TPSA) is 104 Å². The third kappa shape index (κ3) is 4.57. The molecule has 0 aromatic heterocycles. The summed E-state index contributed by atoms with van der Waals surface area (Å²) in [7, 11) is -3.97. The first-order chi connectivity index (χ1) is 12.0. The normalized spacial score (nSPS) is 12.5. The first kappa shape index (κ1) is 20.3. The lowest BCUT2D eigenvalue weighted by molar-refractivity contribution is 0.0317. The largest absolute Gasteiger partial charge is 0.451 e. The van der Waals surface area contributed by atoms with E-state index >= 15 is 0 Å². The molecule has 138 valence electrons. The quantitative estimate of drug-likeness (QED) is 0.568. The molecule has 2 rings (SSSR count). The number of sulfonamides is 1.